The highest BCUT2D eigenvalue weighted by atomic mass is 16.6. The van der Waals surface area contributed by atoms with Crippen LogP contribution in [0.3, 0.4) is 0 Å². The molecular weight excluding hydrogens is 254 g/mol. The third-order valence-corrected chi connectivity index (χ3v) is 3.24. The third-order valence-electron chi connectivity index (χ3n) is 3.24. The van der Waals surface area contributed by atoms with Crippen molar-refractivity contribution in [1.82, 2.24) is 0 Å². The van der Waals surface area contributed by atoms with Crippen molar-refractivity contribution in [2.45, 2.75) is 46.1 Å². The Morgan fingerprint density at radius 2 is 1.95 bits per heavy atom. The molecule has 0 unspecified atom stereocenters. The highest BCUT2D eigenvalue weighted by Gasteiger charge is 2.28. The molecule has 2 rings (SSSR count). The van der Waals surface area contributed by atoms with E-state index in [0.29, 0.717) is 12.1 Å². The van der Waals surface area contributed by atoms with E-state index in [0.717, 1.165) is 24.1 Å². The number of carbonyl (C=O) groups is 2. The van der Waals surface area contributed by atoms with Gasteiger partial charge >= 0.3 is 6.09 Å². The van der Waals surface area contributed by atoms with Gasteiger partial charge in [-0.15, -0.1) is 0 Å². The van der Waals surface area contributed by atoms with E-state index in [2.05, 4.69) is 0 Å². The summed E-state index contributed by atoms with van der Waals surface area (Å²) in [4.78, 5) is 25.6. The van der Waals surface area contributed by atoms with Crippen molar-refractivity contribution in [3.63, 3.8) is 0 Å². The van der Waals surface area contributed by atoms with Gasteiger partial charge in [0.25, 0.3) is 0 Å². The lowest BCUT2D eigenvalue weighted by Crippen LogP contribution is -2.40. The van der Waals surface area contributed by atoms with Crippen LogP contribution in [0.4, 0.5) is 10.5 Å². The standard InChI is InChI=1S/C16H21NO3/c1-11(18)12-7-5-9-14-13(12)8-6-10-17(14)15(19)20-16(2,3)4/h5,7,9H,6,8,10H2,1-4H3. The molecular formula is C16H21NO3. The lowest BCUT2D eigenvalue weighted by atomic mass is 9.94. The molecule has 1 aliphatic rings. The number of Topliss-reactive ketones (excluding diaryl/α,β-unsaturated/α-hetero) is 1. The molecule has 1 aromatic carbocycles. The fourth-order valence-corrected chi connectivity index (χ4v) is 2.46. The molecule has 0 aliphatic carbocycles. The van der Waals surface area contributed by atoms with Crippen LogP contribution in [-0.4, -0.2) is 24.0 Å². The van der Waals surface area contributed by atoms with Gasteiger partial charge in [0.1, 0.15) is 5.60 Å². The van der Waals surface area contributed by atoms with Crippen LogP contribution in [0.2, 0.25) is 0 Å². The van der Waals surface area contributed by atoms with Crippen LogP contribution in [0.25, 0.3) is 0 Å². The lowest BCUT2D eigenvalue weighted by molar-refractivity contribution is 0.0577. The van der Waals surface area contributed by atoms with Gasteiger partial charge in [-0.25, -0.2) is 4.79 Å². The summed E-state index contributed by atoms with van der Waals surface area (Å²) in [7, 11) is 0. The molecule has 1 amide bonds. The zero-order chi connectivity index (χ0) is 14.9. The number of nitrogens with zero attached hydrogens (tertiary/aromatic N) is 1. The van der Waals surface area contributed by atoms with Crippen molar-refractivity contribution < 1.29 is 14.3 Å². The fourth-order valence-electron chi connectivity index (χ4n) is 2.46. The molecule has 1 heterocycles. The second kappa shape index (κ2) is 5.27. The van der Waals surface area contributed by atoms with E-state index in [-0.39, 0.29) is 11.9 Å². The van der Waals surface area contributed by atoms with E-state index in [1.807, 2.05) is 39.0 Å². The summed E-state index contributed by atoms with van der Waals surface area (Å²) in [6.45, 7) is 7.73. The average Bonchev–Trinajstić information content (AvgIpc) is 2.35. The normalized spacial score (nSPS) is 14.7. The number of fused-ring (bicyclic) bond motifs is 1. The Hall–Kier alpha value is -1.84. The molecule has 0 N–H and O–H groups in total. The maximum Gasteiger partial charge on any atom is 0.414 e. The quantitative estimate of drug-likeness (QED) is 0.736. The number of ether oxygens (including phenoxy) is 1. The first kappa shape index (κ1) is 14.6. The Balaban J connectivity index is 2.36. The molecule has 108 valence electrons. The Morgan fingerprint density at radius 3 is 2.55 bits per heavy atom. The number of hydrogen-bond acceptors (Lipinski definition) is 3. The molecule has 0 bridgehead atoms. The minimum absolute atomic E-state index is 0.0351. The summed E-state index contributed by atoms with van der Waals surface area (Å²) in [6.07, 6.45) is 1.32. The number of ketones is 1. The van der Waals surface area contributed by atoms with Crippen molar-refractivity contribution in [2.75, 3.05) is 11.4 Å². The van der Waals surface area contributed by atoms with E-state index in [4.69, 9.17) is 4.74 Å². The van der Waals surface area contributed by atoms with Crippen LogP contribution in [0, 0.1) is 0 Å². The molecule has 0 atom stereocenters. The zero-order valence-corrected chi connectivity index (χ0v) is 12.5. The van der Waals surface area contributed by atoms with Gasteiger partial charge in [-0.05, 0) is 52.2 Å². The van der Waals surface area contributed by atoms with E-state index in [1.165, 1.54) is 0 Å². The van der Waals surface area contributed by atoms with Gasteiger partial charge in [0, 0.05) is 12.1 Å². The molecule has 0 radical (unpaired) electrons. The lowest BCUT2D eigenvalue weighted by Gasteiger charge is -2.32. The summed E-state index contributed by atoms with van der Waals surface area (Å²) in [5, 5.41) is 0. The Bertz CT molecular complexity index is 543. The summed E-state index contributed by atoms with van der Waals surface area (Å²) < 4.78 is 5.44. The Morgan fingerprint density at radius 1 is 1.25 bits per heavy atom. The largest absolute Gasteiger partial charge is 0.443 e. The van der Waals surface area contributed by atoms with E-state index in [1.54, 1.807) is 11.8 Å². The predicted molar refractivity (Wildman–Crippen MR) is 78.3 cm³/mol. The molecule has 1 aromatic rings. The molecule has 0 saturated heterocycles. The van der Waals surface area contributed by atoms with Crippen molar-refractivity contribution in [3.8, 4) is 0 Å². The van der Waals surface area contributed by atoms with Gasteiger partial charge < -0.3 is 4.74 Å². The first-order chi connectivity index (χ1) is 9.29. The van der Waals surface area contributed by atoms with Crippen LogP contribution in [0.5, 0.6) is 0 Å². The molecule has 0 saturated carbocycles. The molecule has 4 heteroatoms. The molecule has 4 nitrogen and oxygen atoms in total. The van der Waals surface area contributed by atoms with Crippen molar-refractivity contribution in [3.05, 3.63) is 29.3 Å². The van der Waals surface area contributed by atoms with E-state index < -0.39 is 5.60 Å². The van der Waals surface area contributed by atoms with Crippen LogP contribution < -0.4 is 4.90 Å². The van der Waals surface area contributed by atoms with Gasteiger partial charge in [-0.1, -0.05) is 12.1 Å². The zero-order valence-electron chi connectivity index (χ0n) is 12.5. The summed E-state index contributed by atoms with van der Waals surface area (Å²) in [5.74, 6) is 0.0351. The molecule has 0 fully saturated rings. The van der Waals surface area contributed by atoms with Crippen LogP contribution in [0.1, 0.15) is 50.0 Å². The maximum atomic E-state index is 12.3. The van der Waals surface area contributed by atoms with E-state index >= 15 is 0 Å². The molecule has 0 spiro atoms. The number of hydrogen-bond donors (Lipinski definition) is 0. The first-order valence-corrected chi connectivity index (χ1v) is 6.93. The first-order valence-electron chi connectivity index (χ1n) is 6.93. The topological polar surface area (TPSA) is 46.6 Å². The molecule has 1 aliphatic heterocycles. The van der Waals surface area contributed by atoms with Gasteiger partial charge in [0.15, 0.2) is 5.78 Å². The van der Waals surface area contributed by atoms with Gasteiger partial charge in [-0.3, -0.25) is 9.69 Å². The summed E-state index contributed by atoms with van der Waals surface area (Å²) in [5.41, 5.74) is 1.94. The van der Waals surface area contributed by atoms with Crippen molar-refractivity contribution in [2.24, 2.45) is 0 Å². The van der Waals surface area contributed by atoms with Gasteiger partial charge in [0.05, 0.1) is 5.69 Å². The number of anilines is 1. The van der Waals surface area contributed by atoms with Crippen LogP contribution in [-0.2, 0) is 11.2 Å². The third kappa shape index (κ3) is 3.00. The molecule has 0 aromatic heterocycles. The van der Waals surface area contributed by atoms with Gasteiger partial charge in [0.2, 0.25) is 0 Å². The maximum absolute atomic E-state index is 12.3. The highest BCUT2D eigenvalue weighted by molar-refractivity contribution is 5.99. The minimum atomic E-state index is -0.521. The average molecular weight is 275 g/mol. The number of carbonyl (C=O) groups excluding carboxylic acids is 2. The second-order valence-electron chi connectivity index (χ2n) is 6.09. The van der Waals surface area contributed by atoms with Gasteiger partial charge in [-0.2, -0.15) is 0 Å². The SMILES string of the molecule is CC(=O)c1cccc2c1CCCN2C(=O)OC(C)(C)C. The smallest absolute Gasteiger partial charge is 0.414 e. The van der Waals surface area contributed by atoms with E-state index in [9.17, 15) is 9.59 Å². The Labute approximate surface area is 119 Å². The second-order valence-corrected chi connectivity index (χ2v) is 6.09. The monoisotopic (exact) mass is 275 g/mol. The predicted octanol–water partition coefficient (Wildman–Crippen LogP) is 3.58. The van der Waals surface area contributed by atoms with Crippen LogP contribution in [0.15, 0.2) is 18.2 Å². The summed E-state index contributed by atoms with van der Waals surface area (Å²) in [6, 6.07) is 5.52. The Kier molecular flexibility index (Phi) is 3.84. The highest BCUT2D eigenvalue weighted by Crippen LogP contribution is 2.31. The summed E-state index contributed by atoms with van der Waals surface area (Å²) >= 11 is 0. The number of rotatable bonds is 1. The minimum Gasteiger partial charge on any atom is -0.443 e. The number of amides is 1. The van der Waals surface area contributed by atoms with Crippen molar-refractivity contribution in [1.29, 1.82) is 0 Å². The number of benzene rings is 1. The molecule has 20 heavy (non-hydrogen) atoms. The fraction of sp³-hybridized carbons (Fsp3) is 0.500. The van der Waals surface area contributed by atoms with Crippen LogP contribution >= 0.6 is 0 Å². The van der Waals surface area contributed by atoms with Crippen molar-refractivity contribution >= 4 is 17.6 Å².